The molecule has 0 aliphatic carbocycles. The van der Waals surface area contributed by atoms with E-state index in [0.29, 0.717) is 22.4 Å². The van der Waals surface area contributed by atoms with E-state index in [1.165, 1.54) is 0 Å². The van der Waals surface area contributed by atoms with Crippen molar-refractivity contribution in [3.63, 3.8) is 0 Å². The van der Waals surface area contributed by atoms with Crippen LogP contribution in [0.25, 0.3) is 0 Å². The Labute approximate surface area is 109 Å². The van der Waals surface area contributed by atoms with E-state index in [0.717, 1.165) is 0 Å². The molecule has 15 heavy (non-hydrogen) atoms. The summed E-state index contributed by atoms with van der Waals surface area (Å²) in [5.74, 6) is 0.438. The molecule has 0 amide bonds. The third-order valence-corrected chi connectivity index (χ3v) is 4.07. The van der Waals surface area contributed by atoms with Gasteiger partial charge >= 0.3 is 0 Å². The first kappa shape index (κ1) is 13.6. The molecule has 84 valence electrons. The van der Waals surface area contributed by atoms with E-state index in [1.54, 1.807) is 18.2 Å². The van der Waals surface area contributed by atoms with Gasteiger partial charge in [-0.1, -0.05) is 35.5 Å². The van der Waals surface area contributed by atoms with Crippen molar-refractivity contribution in [1.29, 1.82) is 0 Å². The van der Waals surface area contributed by atoms with Crippen molar-refractivity contribution in [2.24, 2.45) is 0 Å². The van der Waals surface area contributed by atoms with Gasteiger partial charge in [0.15, 0.2) is 0 Å². The quantitative estimate of drug-likeness (QED) is 0.649. The first-order chi connectivity index (χ1) is 6.94. The van der Waals surface area contributed by atoms with Crippen LogP contribution in [-0.4, -0.2) is 6.61 Å². The Hall–Kier alpha value is 0.560. The second kappa shape index (κ2) is 5.76. The van der Waals surface area contributed by atoms with Crippen molar-refractivity contribution in [2.75, 3.05) is 6.61 Å². The van der Waals surface area contributed by atoms with Crippen LogP contribution in [0.2, 0.25) is 10.0 Å². The summed E-state index contributed by atoms with van der Waals surface area (Å²) in [6, 6.07) is 4.88. The third-order valence-electron chi connectivity index (χ3n) is 1.40. The maximum atomic E-state index is 5.91. The monoisotopic (exact) mass is 302 g/mol. The van der Waals surface area contributed by atoms with Crippen LogP contribution in [-0.2, 0) is 16.3 Å². The maximum Gasteiger partial charge on any atom is 0.294 e. The molecular weight excluding hydrogens is 294 g/mol. The predicted molar refractivity (Wildman–Crippen MR) is 72.0 cm³/mol. The predicted octanol–water partition coefficient (Wildman–Crippen LogP) is 4.56. The highest BCUT2D eigenvalue weighted by Crippen LogP contribution is 2.54. The van der Waals surface area contributed by atoms with E-state index in [-0.39, 0.29) is 0 Å². The van der Waals surface area contributed by atoms with Gasteiger partial charge in [-0.05, 0) is 36.9 Å². The fourth-order valence-electron chi connectivity index (χ4n) is 0.863. The van der Waals surface area contributed by atoms with Crippen LogP contribution in [0.3, 0.4) is 0 Å². The molecule has 0 fully saturated rings. The maximum absolute atomic E-state index is 5.91. The number of hydrogen-bond acceptors (Lipinski definition) is 3. The molecular formula is C8H9Cl2O2PS2. The van der Waals surface area contributed by atoms with Crippen molar-refractivity contribution in [1.82, 2.24) is 0 Å². The van der Waals surface area contributed by atoms with E-state index >= 15 is 0 Å². The zero-order chi connectivity index (χ0) is 11.5. The van der Waals surface area contributed by atoms with Crippen LogP contribution in [0, 0.1) is 0 Å². The lowest BCUT2D eigenvalue weighted by Crippen LogP contribution is -1.92. The minimum atomic E-state index is -2.56. The van der Waals surface area contributed by atoms with Crippen LogP contribution in [0.4, 0.5) is 0 Å². The Morgan fingerprint density at radius 3 is 2.67 bits per heavy atom. The molecule has 0 aliphatic rings. The molecule has 1 aromatic carbocycles. The van der Waals surface area contributed by atoms with Crippen molar-refractivity contribution < 1.29 is 9.05 Å². The highest BCUT2D eigenvalue weighted by molar-refractivity contribution is 8.60. The molecule has 0 spiro atoms. The second-order valence-corrected chi connectivity index (χ2v) is 8.61. The molecule has 0 heterocycles. The summed E-state index contributed by atoms with van der Waals surface area (Å²) >= 11 is 20.8. The van der Waals surface area contributed by atoms with E-state index in [4.69, 9.17) is 44.1 Å². The standard InChI is InChI=1S/C8H9Cl2O2PS2/c1-2-11-13(14,15)12-8-4-3-6(9)5-7(8)10/h3-5H,2H2,1H3,(H,14,15). The lowest BCUT2D eigenvalue weighted by molar-refractivity contribution is 0.345. The Morgan fingerprint density at radius 2 is 2.13 bits per heavy atom. The summed E-state index contributed by atoms with van der Waals surface area (Å²) in [7, 11) is 0. The summed E-state index contributed by atoms with van der Waals surface area (Å²) in [5, 5.41) is 0.932. The molecule has 2 nitrogen and oxygen atoms in total. The Balaban J connectivity index is 2.85. The number of rotatable bonds is 4. The van der Waals surface area contributed by atoms with Gasteiger partial charge in [-0.15, -0.1) is 0 Å². The Bertz CT molecular complexity index is 400. The molecule has 0 radical (unpaired) electrons. The van der Waals surface area contributed by atoms with Gasteiger partial charge in [0, 0.05) is 5.02 Å². The van der Waals surface area contributed by atoms with E-state index in [2.05, 4.69) is 12.2 Å². The molecule has 0 N–H and O–H groups in total. The largest absolute Gasteiger partial charge is 0.435 e. The molecule has 0 saturated heterocycles. The van der Waals surface area contributed by atoms with Crippen molar-refractivity contribution in [3.8, 4) is 5.75 Å². The van der Waals surface area contributed by atoms with Crippen molar-refractivity contribution in [3.05, 3.63) is 28.2 Å². The minimum absolute atomic E-state index is 0.394. The molecule has 0 aliphatic heterocycles. The van der Waals surface area contributed by atoms with Gasteiger partial charge in [-0.25, -0.2) is 0 Å². The first-order valence-electron chi connectivity index (χ1n) is 4.06. The van der Waals surface area contributed by atoms with Crippen LogP contribution in [0.1, 0.15) is 6.92 Å². The normalized spacial score (nSPS) is 14.7. The lowest BCUT2D eigenvalue weighted by Gasteiger charge is -2.17. The van der Waals surface area contributed by atoms with Crippen LogP contribution < -0.4 is 4.52 Å². The van der Waals surface area contributed by atoms with Gasteiger partial charge in [0.05, 0.1) is 11.6 Å². The molecule has 1 aromatic rings. The Kier molecular flexibility index (Phi) is 5.23. The van der Waals surface area contributed by atoms with E-state index in [9.17, 15) is 0 Å². The molecule has 7 heteroatoms. The van der Waals surface area contributed by atoms with Crippen LogP contribution >= 0.6 is 41.1 Å². The molecule has 0 aromatic heterocycles. The summed E-state index contributed by atoms with van der Waals surface area (Å²) in [6.45, 7) is 2.27. The highest BCUT2D eigenvalue weighted by atomic mass is 35.5. The average Bonchev–Trinajstić information content (AvgIpc) is 2.09. The second-order valence-electron chi connectivity index (χ2n) is 2.55. The summed E-state index contributed by atoms with van der Waals surface area (Å²) in [5.41, 5.74) is -2.56. The van der Waals surface area contributed by atoms with Gasteiger partial charge in [0.1, 0.15) is 5.75 Å². The van der Waals surface area contributed by atoms with Crippen LogP contribution in [0.5, 0.6) is 5.75 Å². The minimum Gasteiger partial charge on any atom is -0.435 e. The first-order valence-corrected chi connectivity index (χ1v) is 8.61. The molecule has 1 unspecified atom stereocenters. The topological polar surface area (TPSA) is 18.5 Å². The highest BCUT2D eigenvalue weighted by Gasteiger charge is 2.15. The van der Waals surface area contributed by atoms with E-state index in [1.807, 2.05) is 6.92 Å². The van der Waals surface area contributed by atoms with Crippen LogP contribution in [0.15, 0.2) is 18.2 Å². The SMILES string of the molecule is CCOP(=S)(S)Oc1ccc(Cl)cc1Cl. The third kappa shape index (κ3) is 4.51. The summed E-state index contributed by atoms with van der Waals surface area (Å²) in [6.07, 6.45) is 0. The number of hydrogen-bond donors (Lipinski definition) is 1. The molecule has 0 bridgehead atoms. The fourth-order valence-corrected chi connectivity index (χ4v) is 3.32. The smallest absolute Gasteiger partial charge is 0.294 e. The number of halogens is 2. The fraction of sp³-hybridized carbons (Fsp3) is 0.250. The van der Waals surface area contributed by atoms with Crippen molar-refractivity contribution in [2.45, 2.75) is 6.92 Å². The van der Waals surface area contributed by atoms with E-state index < -0.39 is 5.69 Å². The lowest BCUT2D eigenvalue weighted by atomic mass is 10.3. The summed E-state index contributed by atoms with van der Waals surface area (Å²) in [4.78, 5) is 0. The molecule has 1 rings (SSSR count). The Morgan fingerprint density at radius 1 is 1.47 bits per heavy atom. The molecule has 0 saturated carbocycles. The van der Waals surface area contributed by atoms with Gasteiger partial charge in [-0.3, -0.25) is 0 Å². The van der Waals surface area contributed by atoms with Gasteiger partial charge in [0.25, 0.3) is 5.69 Å². The summed E-state index contributed by atoms with van der Waals surface area (Å²) < 4.78 is 10.6. The van der Waals surface area contributed by atoms with Crippen molar-refractivity contribution >= 4 is 53.0 Å². The van der Waals surface area contributed by atoms with Gasteiger partial charge in [-0.2, -0.15) is 0 Å². The number of thiol groups is 1. The van der Waals surface area contributed by atoms with Gasteiger partial charge < -0.3 is 9.05 Å². The average molecular weight is 303 g/mol. The number of benzene rings is 1. The molecule has 1 atom stereocenters. The van der Waals surface area contributed by atoms with Gasteiger partial charge in [0.2, 0.25) is 0 Å². The zero-order valence-electron chi connectivity index (χ0n) is 7.81. The zero-order valence-corrected chi connectivity index (χ0v) is 11.9.